The summed E-state index contributed by atoms with van der Waals surface area (Å²) in [5.74, 6) is -1.15. The van der Waals surface area contributed by atoms with Crippen LogP contribution >= 0.6 is 34.5 Å². The van der Waals surface area contributed by atoms with Gasteiger partial charge in [0, 0.05) is 58.9 Å². The molecule has 7 rings (SSSR count). The lowest BCUT2D eigenvalue weighted by Gasteiger charge is -2.36. The summed E-state index contributed by atoms with van der Waals surface area (Å²) < 4.78 is 0. The number of thiophene rings is 1. The average Bonchev–Trinajstić information content (AvgIpc) is 3.55. The summed E-state index contributed by atoms with van der Waals surface area (Å²) >= 11 is 13.7. The number of anilines is 2. The van der Waals surface area contributed by atoms with E-state index in [1.54, 1.807) is 60.7 Å². The van der Waals surface area contributed by atoms with Crippen LogP contribution in [0.5, 0.6) is 0 Å². The van der Waals surface area contributed by atoms with E-state index in [9.17, 15) is 14.4 Å². The Hall–Kier alpha value is -4.27. The molecule has 0 aliphatic carbocycles. The summed E-state index contributed by atoms with van der Waals surface area (Å²) in [4.78, 5) is 48.7. The molecule has 2 amide bonds. The van der Waals surface area contributed by atoms with E-state index in [-0.39, 0.29) is 5.78 Å². The fourth-order valence-corrected chi connectivity index (χ4v) is 7.54. The molecular formula is C36H27Cl2N3O3S. The highest BCUT2D eigenvalue weighted by atomic mass is 35.5. The quantitative estimate of drug-likeness (QED) is 0.132. The Morgan fingerprint density at radius 3 is 1.84 bits per heavy atom. The minimum Gasteiger partial charge on any atom is -0.369 e. The van der Waals surface area contributed by atoms with Gasteiger partial charge in [-0.2, -0.15) is 0 Å². The predicted molar refractivity (Wildman–Crippen MR) is 181 cm³/mol. The monoisotopic (exact) mass is 651 g/mol. The molecule has 0 spiro atoms. The Labute approximate surface area is 275 Å². The van der Waals surface area contributed by atoms with Gasteiger partial charge in [-0.1, -0.05) is 65.7 Å². The first-order chi connectivity index (χ1) is 21.9. The zero-order valence-electron chi connectivity index (χ0n) is 24.1. The van der Waals surface area contributed by atoms with Crippen molar-refractivity contribution in [1.29, 1.82) is 0 Å². The van der Waals surface area contributed by atoms with Crippen molar-refractivity contribution in [2.75, 3.05) is 36.0 Å². The lowest BCUT2D eigenvalue weighted by atomic mass is 9.97. The summed E-state index contributed by atoms with van der Waals surface area (Å²) in [6, 6.07) is 31.2. The zero-order chi connectivity index (χ0) is 31.1. The van der Waals surface area contributed by atoms with Crippen molar-refractivity contribution in [3.8, 4) is 10.4 Å². The average molecular weight is 653 g/mol. The van der Waals surface area contributed by atoms with Crippen molar-refractivity contribution in [3.63, 3.8) is 0 Å². The van der Waals surface area contributed by atoms with E-state index >= 15 is 0 Å². The van der Waals surface area contributed by atoms with Crippen LogP contribution in [0.25, 0.3) is 10.4 Å². The van der Waals surface area contributed by atoms with Gasteiger partial charge in [-0.15, -0.1) is 11.3 Å². The Balaban J connectivity index is 1.35. The SMILES string of the molecule is O=C(c1ccc(Cl)cc1)c1c(N2C(=O)c3ccccc3C2=O)sc(-c2ccc(Cl)cc2)c1CN1CCN(c2ccccc2)CC1. The van der Waals surface area contributed by atoms with Gasteiger partial charge in [-0.25, -0.2) is 4.90 Å². The van der Waals surface area contributed by atoms with Crippen LogP contribution < -0.4 is 9.80 Å². The van der Waals surface area contributed by atoms with Crippen LogP contribution in [0.2, 0.25) is 10.0 Å². The predicted octanol–water partition coefficient (Wildman–Crippen LogP) is 8.08. The number of hydrogen-bond acceptors (Lipinski definition) is 6. The van der Waals surface area contributed by atoms with Gasteiger partial charge in [0.05, 0.1) is 16.7 Å². The lowest BCUT2D eigenvalue weighted by Crippen LogP contribution is -2.46. The van der Waals surface area contributed by atoms with Crippen LogP contribution in [0.1, 0.15) is 42.2 Å². The van der Waals surface area contributed by atoms with E-state index in [4.69, 9.17) is 23.2 Å². The molecule has 1 fully saturated rings. The smallest absolute Gasteiger partial charge is 0.266 e. The van der Waals surface area contributed by atoms with Crippen LogP contribution in [-0.2, 0) is 6.54 Å². The highest BCUT2D eigenvalue weighted by molar-refractivity contribution is 7.20. The van der Waals surface area contributed by atoms with Gasteiger partial charge >= 0.3 is 0 Å². The maximum absolute atomic E-state index is 14.5. The first-order valence-electron chi connectivity index (χ1n) is 14.6. The van der Waals surface area contributed by atoms with Gasteiger partial charge in [0.1, 0.15) is 5.00 Å². The molecule has 0 atom stereocenters. The van der Waals surface area contributed by atoms with E-state index in [0.717, 1.165) is 42.2 Å². The first-order valence-corrected chi connectivity index (χ1v) is 16.2. The topological polar surface area (TPSA) is 60.9 Å². The number of carbonyl (C=O) groups excluding carboxylic acids is 3. The summed E-state index contributed by atoms with van der Waals surface area (Å²) in [7, 11) is 0. The van der Waals surface area contributed by atoms with Crippen LogP contribution in [0.4, 0.5) is 10.7 Å². The van der Waals surface area contributed by atoms with E-state index < -0.39 is 11.8 Å². The number of para-hydroxylation sites is 1. The molecule has 5 aromatic rings. The van der Waals surface area contributed by atoms with Crippen molar-refractivity contribution in [2.45, 2.75) is 6.54 Å². The number of carbonyl (C=O) groups is 3. The number of hydrogen-bond donors (Lipinski definition) is 0. The van der Waals surface area contributed by atoms with E-state index in [1.807, 2.05) is 30.3 Å². The van der Waals surface area contributed by atoms with E-state index in [1.165, 1.54) is 21.9 Å². The normalized spacial score (nSPS) is 15.1. The van der Waals surface area contributed by atoms with E-state index in [2.05, 4.69) is 21.9 Å². The number of ketones is 1. The molecule has 0 bridgehead atoms. The standard InChI is InChI=1S/C36H27Cl2N3O3S/c37-25-14-10-23(11-15-25)32(42)31-30(22-39-18-20-40(21-19-39)27-6-2-1-3-7-27)33(24-12-16-26(38)17-13-24)45-36(31)41-34(43)28-8-4-5-9-29(28)35(41)44/h1-17H,18-22H2. The third kappa shape index (κ3) is 5.57. The second kappa shape index (κ2) is 12.3. The Morgan fingerprint density at radius 2 is 1.24 bits per heavy atom. The largest absolute Gasteiger partial charge is 0.369 e. The number of nitrogens with zero attached hydrogens (tertiary/aromatic N) is 3. The highest BCUT2D eigenvalue weighted by Gasteiger charge is 2.41. The molecule has 2 aliphatic heterocycles. The number of halogens is 2. The van der Waals surface area contributed by atoms with Crippen molar-refractivity contribution in [3.05, 3.63) is 141 Å². The maximum Gasteiger partial charge on any atom is 0.266 e. The molecule has 2 aliphatic rings. The van der Waals surface area contributed by atoms with E-state index in [0.29, 0.717) is 43.8 Å². The number of benzene rings is 4. The van der Waals surface area contributed by atoms with Crippen molar-refractivity contribution in [2.24, 2.45) is 0 Å². The number of piperazine rings is 1. The van der Waals surface area contributed by atoms with Gasteiger partial charge in [0.2, 0.25) is 0 Å². The van der Waals surface area contributed by atoms with Gasteiger partial charge in [-0.05, 0) is 71.8 Å². The highest BCUT2D eigenvalue weighted by Crippen LogP contribution is 2.46. The molecular weight excluding hydrogens is 625 g/mol. The summed E-state index contributed by atoms with van der Waals surface area (Å²) in [6.07, 6.45) is 0. The summed E-state index contributed by atoms with van der Waals surface area (Å²) in [6.45, 7) is 3.69. The first kappa shape index (κ1) is 29.4. The number of fused-ring (bicyclic) bond motifs is 1. The Kier molecular flexibility index (Phi) is 8.02. The minimum absolute atomic E-state index is 0.271. The molecule has 6 nitrogen and oxygen atoms in total. The molecule has 9 heteroatoms. The lowest BCUT2D eigenvalue weighted by molar-refractivity contribution is 0.0927. The molecule has 1 saturated heterocycles. The number of amides is 2. The van der Waals surface area contributed by atoms with Crippen LogP contribution in [-0.4, -0.2) is 48.7 Å². The van der Waals surface area contributed by atoms with Crippen molar-refractivity contribution in [1.82, 2.24) is 4.90 Å². The molecule has 45 heavy (non-hydrogen) atoms. The van der Waals surface area contributed by atoms with Gasteiger partial charge in [0.25, 0.3) is 11.8 Å². The number of imide groups is 1. The molecule has 0 saturated carbocycles. The molecule has 1 aromatic heterocycles. The third-order valence-electron chi connectivity index (χ3n) is 8.30. The summed E-state index contributed by atoms with van der Waals surface area (Å²) in [5, 5.41) is 1.42. The van der Waals surface area contributed by atoms with Crippen LogP contribution in [0.15, 0.2) is 103 Å². The molecule has 0 N–H and O–H groups in total. The van der Waals surface area contributed by atoms with Crippen LogP contribution in [0, 0.1) is 0 Å². The molecule has 4 aromatic carbocycles. The summed E-state index contributed by atoms with van der Waals surface area (Å²) in [5.41, 5.74) is 4.25. The Morgan fingerprint density at radius 1 is 0.689 bits per heavy atom. The molecule has 0 radical (unpaired) electrons. The van der Waals surface area contributed by atoms with Crippen LogP contribution in [0.3, 0.4) is 0 Å². The minimum atomic E-state index is -0.437. The molecule has 0 unspecified atom stereocenters. The van der Waals surface area contributed by atoms with Crippen molar-refractivity contribution < 1.29 is 14.4 Å². The van der Waals surface area contributed by atoms with Crippen molar-refractivity contribution >= 4 is 62.8 Å². The van der Waals surface area contributed by atoms with Gasteiger partial charge in [-0.3, -0.25) is 19.3 Å². The maximum atomic E-state index is 14.5. The molecule has 3 heterocycles. The number of rotatable bonds is 7. The second-order valence-electron chi connectivity index (χ2n) is 11.0. The molecule has 224 valence electrons. The Bertz CT molecular complexity index is 1880. The zero-order valence-corrected chi connectivity index (χ0v) is 26.4. The van der Waals surface area contributed by atoms with Gasteiger partial charge < -0.3 is 4.90 Å². The fourth-order valence-electron chi connectivity index (χ4n) is 5.97. The third-order valence-corrected chi connectivity index (χ3v) is 10.1. The second-order valence-corrected chi connectivity index (χ2v) is 12.9. The van der Waals surface area contributed by atoms with Gasteiger partial charge in [0.15, 0.2) is 5.78 Å². The fraction of sp³-hybridized carbons (Fsp3) is 0.139.